The number of nitrogens with zero attached hydrogens (tertiary/aromatic N) is 2. The van der Waals surface area contributed by atoms with E-state index in [9.17, 15) is 0 Å². The van der Waals surface area contributed by atoms with Crippen molar-refractivity contribution >= 4 is 12.2 Å². The van der Waals surface area contributed by atoms with E-state index >= 15 is 0 Å². The Hall–Kier alpha value is 0.326. The average molecular weight is 202 g/mol. The van der Waals surface area contributed by atoms with Crippen molar-refractivity contribution in [3.63, 3.8) is 0 Å². The largest absolute Gasteiger partial charge is 1.00 e. The van der Waals surface area contributed by atoms with Gasteiger partial charge in [0.15, 0.2) is 0 Å². The Morgan fingerprint density at radius 2 is 2.08 bits per heavy atom. The van der Waals surface area contributed by atoms with Gasteiger partial charge in [0.25, 0.3) is 0 Å². The predicted molar refractivity (Wildman–Crippen MR) is 53.7 cm³/mol. The smallest absolute Gasteiger partial charge is 0.581 e. The second-order valence-electron chi connectivity index (χ2n) is 1.89. The number of rotatable bonds is 2. The molecule has 0 aliphatic carbocycles. The van der Waals surface area contributed by atoms with Crippen LogP contribution in [0.1, 0.15) is 32.0 Å². The Balaban J connectivity index is 0. The van der Waals surface area contributed by atoms with Crippen molar-refractivity contribution < 1.29 is 51.4 Å². The van der Waals surface area contributed by atoms with Crippen molar-refractivity contribution in [1.29, 1.82) is 0 Å². The molecule has 0 radical (unpaired) electrons. The number of hydrogen-bond donors (Lipinski definition) is 0. The van der Waals surface area contributed by atoms with Crippen LogP contribution in [0.4, 0.5) is 0 Å². The van der Waals surface area contributed by atoms with E-state index in [1.54, 1.807) is 12.3 Å². The zero-order valence-electron chi connectivity index (χ0n) is 8.91. The van der Waals surface area contributed by atoms with E-state index < -0.39 is 0 Å². The molecule has 0 unspecified atom stereocenters. The van der Waals surface area contributed by atoms with E-state index in [4.69, 9.17) is 0 Å². The molecule has 0 fully saturated rings. The van der Waals surface area contributed by atoms with Gasteiger partial charge in [-0.25, -0.2) is 0 Å². The fourth-order valence-electron chi connectivity index (χ4n) is 0.722. The van der Waals surface area contributed by atoms with Gasteiger partial charge in [-0.3, -0.25) is 0 Å². The standard InChI is InChI=1S/C8H9N2.C2H6.K/c1-3-5-8-7(4-2)6-9-10-8;1-2;/h3-6H,2H2,1H3;1-2H3;/q-1;;+1/b5-3-;;. The van der Waals surface area contributed by atoms with Gasteiger partial charge in [-0.1, -0.05) is 32.6 Å². The minimum Gasteiger partial charge on any atom is -0.581 e. The summed E-state index contributed by atoms with van der Waals surface area (Å²) in [5, 5.41) is 7.61. The zero-order valence-corrected chi connectivity index (χ0v) is 12.0. The quantitative estimate of drug-likeness (QED) is 0.618. The van der Waals surface area contributed by atoms with Gasteiger partial charge in [0.05, 0.1) is 0 Å². The van der Waals surface area contributed by atoms with E-state index in [0.29, 0.717) is 0 Å². The summed E-state index contributed by atoms with van der Waals surface area (Å²) in [7, 11) is 0. The summed E-state index contributed by atoms with van der Waals surface area (Å²) in [6.45, 7) is 9.58. The molecule has 0 amide bonds. The van der Waals surface area contributed by atoms with Crippen molar-refractivity contribution in [2.75, 3.05) is 0 Å². The minimum atomic E-state index is 0. The molecule has 0 saturated carbocycles. The van der Waals surface area contributed by atoms with Crippen molar-refractivity contribution in [2.24, 2.45) is 0 Å². The summed E-state index contributed by atoms with van der Waals surface area (Å²) >= 11 is 0. The van der Waals surface area contributed by atoms with Gasteiger partial charge in [-0.05, 0) is 18.6 Å². The maximum atomic E-state index is 3.87. The SMILES string of the molecule is C=Cc1c[n-]nc1/C=C\C.CC.[K+]. The van der Waals surface area contributed by atoms with Crippen molar-refractivity contribution in [1.82, 2.24) is 10.2 Å². The van der Waals surface area contributed by atoms with Gasteiger partial charge in [-0.2, -0.15) is 6.20 Å². The van der Waals surface area contributed by atoms with Crippen LogP contribution in [0.2, 0.25) is 0 Å². The van der Waals surface area contributed by atoms with Crippen LogP contribution in [0.25, 0.3) is 12.2 Å². The average Bonchev–Trinajstić information content (AvgIpc) is 2.56. The van der Waals surface area contributed by atoms with Crippen molar-refractivity contribution in [2.45, 2.75) is 20.8 Å². The molecule has 0 aromatic carbocycles. The Morgan fingerprint density at radius 1 is 1.46 bits per heavy atom. The van der Waals surface area contributed by atoms with Gasteiger partial charge >= 0.3 is 51.4 Å². The molecule has 0 saturated heterocycles. The first-order valence-electron chi connectivity index (χ1n) is 4.12. The van der Waals surface area contributed by atoms with Crippen LogP contribution in [-0.2, 0) is 0 Å². The predicted octanol–water partition coefficient (Wildman–Crippen LogP) is -0.255. The molecule has 0 aliphatic rings. The van der Waals surface area contributed by atoms with Gasteiger partial charge in [-0.15, -0.1) is 0 Å². The molecule has 3 heteroatoms. The minimum absolute atomic E-state index is 0. The second-order valence-corrected chi connectivity index (χ2v) is 1.89. The van der Waals surface area contributed by atoms with Crippen molar-refractivity contribution in [3.05, 3.63) is 30.1 Å². The molecule has 66 valence electrons. The molecule has 13 heavy (non-hydrogen) atoms. The topological polar surface area (TPSA) is 27.0 Å². The Morgan fingerprint density at radius 3 is 2.54 bits per heavy atom. The summed E-state index contributed by atoms with van der Waals surface area (Å²) in [6, 6.07) is 0. The first-order chi connectivity index (χ1) is 5.88. The zero-order chi connectivity index (χ0) is 9.40. The van der Waals surface area contributed by atoms with Crippen LogP contribution >= 0.6 is 0 Å². The van der Waals surface area contributed by atoms with E-state index in [0.717, 1.165) is 11.3 Å². The maximum Gasteiger partial charge on any atom is 1.00 e. The molecule has 0 bridgehead atoms. The number of hydrogen-bond acceptors (Lipinski definition) is 1. The molecule has 1 heterocycles. The monoisotopic (exact) mass is 202 g/mol. The Kier molecular flexibility index (Phi) is 12.6. The molecule has 1 rings (SSSR count). The Labute approximate surface area is 123 Å². The summed E-state index contributed by atoms with van der Waals surface area (Å²) in [5.74, 6) is 0. The van der Waals surface area contributed by atoms with E-state index in [1.807, 2.05) is 32.9 Å². The second kappa shape index (κ2) is 10.4. The molecule has 1 aromatic heterocycles. The molecule has 2 nitrogen and oxygen atoms in total. The summed E-state index contributed by atoms with van der Waals surface area (Å²) in [5.41, 5.74) is 1.87. The normalized spacial score (nSPS) is 8.54. The van der Waals surface area contributed by atoms with Gasteiger partial charge in [0, 0.05) is 5.69 Å². The van der Waals surface area contributed by atoms with Crippen LogP contribution in [0.3, 0.4) is 0 Å². The van der Waals surface area contributed by atoms with E-state index in [2.05, 4.69) is 16.8 Å². The van der Waals surface area contributed by atoms with Crippen LogP contribution in [-0.4, -0.2) is 5.10 Å². The first kappa shape index (κ1) is 15.8. The fraction of sp³-hybridized carbons (Fsp3) is 0.300. The third-order valence-electron chi connectivity index (χ3n) is 1.20. The third-order valence-corrected chi connectivity index (χ3v) is 1.20. The van der Waals surface area contributed by atoms with Crippen molar-refractivity contribution in [3.8, 4) is 0 Å². The van der Waals surface area contributed by atoms with E-state index in [1.165, 1.54) is 0 Å². The van der Waals surface area contributed by atoms with Gasteiger partial charge in [0.1, 0.15) is 0 Å². The van der Waals surface area contributed by atoms with Crippen LogP contribution in [0.5, 0.6) is 0 Å². The number of aromatic nitrogens is 2. The van der Waals surface area contributed by atoms with Crippen LogP contribution < -0.4 is 56.5 Å². The fourth-order valence-corrected chi connectivity index (χ4v) is 0.722. The third kappa shape index (κ3) is 5.60. The molecular weight excluding hydrogens is 187 g/mol. The number of allylic oxidation sites excluding steroid dienone is 1. The van der Waals surface area contributed by atoms with Gasteiger partial charge in [0.2, 0.25) is 0 Å². The summed E-state index contributed by atoms with van der Waals surface area (Å²) in [4.78, 5) is 0. The van der Waals surface area contributed by atoms with Crippen LogP contribution in [0.15, 0.2) is 18.9 Å². The molecule has 1 aromatic rings. The molecular formula is C10H15KN2. The van der Waals surface area contributed by atoms with E-state index in [-0.39, 0.29) is 51.4 Å². The summed E-state index contributed by atoms with van der Waals surface area (Å²) in [6.07, 6.45) is 7.28. The van der Waals surface area contributed by atoms with Gasteiger partial charge < -0.3 is 10.2 Å². The molecule has 0 N–H and O–H groups in total. The molecule has 0 atom stereocenters. The first-order valence-corrected chi connectivity index (χ1v) is 4.12. The molecule has 0 spiro atoms. The Bertz CT molecular complexity index is 251. The maximum absolute atomic E-state index is 3.87. The summed E-state index contributed by atoms with van der Waals surface area (Å²) < 4.78 is 0. The molecule has 0 aliphatic heterocycles. The van der Waals surface area contributed by atoms with Crippen LogP contribution in [0, 0.1) is 0 Å².